The van der Waals surface area contributed by atoms with Crippen LogP contribution in [0.4, 0.5) is 4.39 Å². The highest BCUT2D eigenvalue weighted by atomic mass is 35.5. The van der Waals surface area contributed by atoms with Crippen molar-refractivity contribution < 1.29 is 17.6 Å². The first-order chi connectivity index (χ1) is 15.7. The normalized spacial score (nSPS) is 13.0. The van der Waals surface area contributed by atoms with Gasteiger partial charge in [-0.3, -0.25) is 4.79 Å². The van der Waals surface area contributed by atoms with Gasteiger partial charge in [0.05, 0.1) is 35.3 Å². The summed E-state index contributed by atoms with van der Waals surface area (Å²) in [5.41, 5.74) is 2.78. The van der Waals surface area contributed by atoms with E-state index in [0.29, 0.717) is 10.6 Å². The van der Waals surface area contributed by atoms with Crippen molar-refractivity contribution in [1.29, 1.82) is 0 Å². The monoisotopic (exact) mass is 505 g/mol. The van der Waals surface area contributed by atoms with E-state index in [-0.39, 0.29) is 29.2 Å². The number of rotatable bonds is 7. The maximum absolute atomic E-state index is 14.4. The Labute approximate surface area is 205 Å². The van der Waals surface area contributed by atoms with Crippen LogP contribution < -0.4 is 5.32 Å². The highest BCUT2D eigenvalue weighted by Crippen LogP contribution is 2.25. The molecule has 0 saturated carbocycles. The molecule has 6 nitrogen and oxygen atoms in total. The summed E-state index contributed by atoms with van der Waals surface area (Å²) in [6.45, 7) is 8.07. The molecule has 0 aliphatic heterocycles. The van der Waals surface area contributed by atoms with E-state index in [1.54, 1.807) is 29.8 Å². The van der Waals surface area contributed by atoms with Crippen LogP contribution in [0.25, 0.3) is 5.69 Å². The molecule has 0 aliphatic carbocycles. The molecule has 9 heteroatoms. The molecule has 0 fully saturated rings. The van der Waals surface area contributed by atoms with Crippen LogP contribution in [0, 0.1) is 5.82 Å². The average Bonchev–Trinajstić information content (AvgIpc) is 3.17. The lowest BCUT2D eigenvalue weighted by Gasteiger charge is -2.14. The summed E-state index contributed by atoms with van der Waals surface area (Å²) in [4.78, 5) is 12.9. The fraction of sp³-hybridized carbons (Fsp3) is 0.360. The van der Waals surface area contributed by atoms with E-state index in [0.717, 1.165) is 23.3 Å². The topological polar surface area (TPSA) is 81.1 Å². The summed E-state index contributed by atoms with van der Waals surface area (Å²) in [5.74, 6) is -1.95. The predicted octanol–water partition coefficient (Wildman–Crippen LogP) is 4.93. The first-order valence-corrected chi connectivity index (χ1v) is 13.3. The zero-order valence-corrected chi connectivity index (χ0v) is 21.5. The van der Waals surface area contributed by atoms with Crippen molar-refractivity contribution in [2.75, 3.05) is 6.26 Å². The average molecular weight is 506 g/mol. The Hall–Kier alpha value is -2.71. The van der Waals surface area contributed by atoms with E-state index in [4.69, 9.17) is 16.7 Å². The molecule has 3 aromatic rings. The van der Waals surface area contributed by atoms with Crippen LogP contribution in [0.2, 0.25) is 5.02 Å². The van der Waals surface area contributed by atoms with Crippen LogP contribution in [0.5, 0.6) is 0 Å². The molecule has 1 heterocycles. The van der Waals surface area contributed by atoms with Gasteiger partial charge in [0.25, 0.3) is 0 Å². The van der Waals surface area contributed by atoms with E-state index >= 15 is 0 Å². The fourth-order valence-corrected chi connectivity index (χ4v) is 4.44. The van der Waals surface area contributed by atoms with Crippen LogP contribution in [-0.2, 0) is 32.3 Å². The number of hydrogen-bond donors (Lipinski definition) is 1. The quantitative estimate of drug-likeness (QED) is 0.494. The molecule has 1 aromatic heterocycles. The van der Waals surface area contributed by atoms with Crippen LogP contribution in [0.15, 0.2) is 48.5 Å². The number of carbonyl (C=O) groups is 1. The van der Waals surface area contributed by atoms with Gasteiger partial charge in [-0.1, -0.05) is 50.6 Å². The van der Waals surface area contributed by atoms with Crippen molar-refractivity contribution in [2.24, 2.45) is 0 Å². The minimum atomic E-state index is -3.36. The molecule has 182 valence electrons. The molecule has 0 bridgehead atoms. The van der Waals surface area contributed by atoms with Crippen molar-refractivity contribution in [3.63, 3.8) is 0 Å². The zero-order valence-electron chi connectivity index (χ0n) is 19.9. The van der Waals surface area contributed by atoms with E-state index in [1.807, 2.05) is 18.2 Å². The summed E-state index contributed by atoms with van der Waals surface area (Å²) >= 11 is 6.17. The molecule has 1 atom stereocenters. The third kappa shape index (κ3) is 6.45. The summed E-state index contributed by atoms with van der Waals surface area (Å²) in [7, 11) is -3.36. The van der Waals surface area contributed by atoms with E-state index in [1.165, 1.54) is 12.1 Å². The number of sulfone groups is 1. The van der Waals surface area contributed by atoms with Crippen LogP contribution >= 0.6 is 11.6 Å². The third-order valence-electron chi connectivity index (χ3n) is 5.44. The second kappa shape index (κ2) is 9.88. The molecule has 0 radical (unpaired) electrons. The number of nitrogens with zero attached hydrogens (tertiary/aromatic N) is 2. The van der Waals surface area contributed by atoms with Crippen LogP contribution in [0.1, 0.15) is 56.1 Å². The first kappa shape index (κ1) is 25.9. The van der Waals surface area contributed by atoms with Gasteiger partial charge in [-0.2, -0.15) is 5.10 Å². The minimum absolute atomic E-state index is 0.0824. The SMILES string of the molecule is CC(C(=O)NCc1cc(C(C)(C)C)nn1-c1cccc(Cl)c1)c1ccc(CS(C)(=O)=O)c(F)c1. The first-order valence-electron chi connectivity index (χ1n) is 10.8. The van der Waals surface area contributed by atoms with Gasteiger partial charge in [0.15, 0.2) is 9.84 Å². The Morgan fingerprint density at radius 2 is 1.88 bits per heavy atom. The molecule has 0 spiro atoms. The largest absolute Gasteiger partial charge is 0.350 e. The molecule has 0 aliphatic rings. The predicted molar refractivity (Wildman–Crippen MR) is 132 cm³/mol. The molecular formula is C25H29ClFN3O3S. The van der Waals surface area contributed by atoms with Gasteiger partial charge in [0.1, 0.15) is 5.82 Å². The Morgan fingerprint density at radius 1 is 1.18 bits per heavy atom. The Morgan fingerprint density at radius 3 is 2.47 bits per heavy atom. The van der Waals surface area contributed by atoms with E-state index < -0.39 is 21.6 Å². The molecule has 2 aromatic carbocycles. The van der Waals surface area contributed by atoms with Gasteiger partial charge in [0.2, 0.25) is 5.91 Å². The van der Waals surface area contributed by atoms with Crippen LogP contribution in [0.3, 0.4) is 0 Å². The van der Waals surface area contributed by atoms with Gasteiger partial charge in [-0.15, -0.1) is 0 Å². The number of nitrogens with one attached hydrogen (secondary N) is 1. The smallest absolute Gasteiger partial charge is 0.227 e. The highest BCUT2D eigenvalue weighted by Gasteiger charge is 2.22. The zero-order chi connectivity index (χ0) is 25.3. The number of halogens is 2. The van der Waals surface area contributed by atoms with Gasteiger partial charge < -0.3 is 5.32 Å². The van der Waals surface area contributed by atoms with Gasteiger partial charge in [0, 0.05) is 22.3 Å². The molecule has 1 amide bonds. The molecule has 1 N–H and O–H groups in total. The van der Waals surface area contributed by atoms with Crippen LogP contribution in [-0.4, -0.2) is 30.4 Å². The summed E-state index contributed by atoms with van der Waals surface area (Å²) < 4.78 is 39.1. The maximum atomic E-state index is 14.4. The standard InChI is InChI=1S/C25H29ClFN3O3S/c1-16(17-9-10-18(22(27)11-17)15-34(5,32)33)24(31)28-14-21-13-23(25(2,3)4)29-30(21)20-8-6-7-19(26)12-20/h6-13,16H,14-15H2,1-5H3,(H,28,31). The third-order valence-corrected chi connectivity index (χ3v) is 6.51. The summed E-state index contributed by atoms with van der Waals surface area (Å²) in [6, 6.07) is 13.5. The number of amides is 1. The van der Waals surface area contributed by atoms with Crippen molar-refractivity contribution >= 4 is 27.3 Å². The number of carbonyl (C=O) groups excluding carboxylic acids is 1. The van der Waals surface area contributed by atoms with E-state index in [9.17, 15) is 17.6 Å². The Balaban J connectivity index is 1.80. The number of hydrogen-bond acceptors (Lipinski definition) is 4. The van der Waals surface area contributed by atoms with Gasteiger partial charge >= 0.3 is 0 Å². The van der Waals surface area contributed by atoms with Crippen molar-refractivity contribution in [3.8, 4) is 5.69 Å². The summed E-state index contributed by atoms with van der Waals surface area (Å²) in [5, 5.41) is 8.22. The van der Waals surface area contributed by atoms with E-state index in [2.05, 4.69) is 26.1 Å². The maximum Gasteiger partial charge on any atom is 0.227 e. The van der Waals surface area contributed by atoms with Gasteiger partial charge in [-0.25, -0.2) is 17.5 Å². The lowest BCUT2D eigenvalue weighted by Crippen LogP contribution is -2.28. The molecule has 1 unspecified atom stereocenters. The molecular weight excluding hydrogens is 477 g/mol. The van der Waals surface area contributed by atoms with Crippen molar-refractivity contribution in [2.45, 2.75) is 51.3 Å². The molecule has 3 rings (SSSR count). The summed E-state index contributed by atoms with van der Waals surface area (Å²) in [6.07, 6.45) is 1.05. The van der Waals surface area contributed by atoms with Gasteiger partial charge in [-0.05, 0) is 42.8 Å². The lowest BCUT2D eigenvalue weighted by atomic mass is 9.92. The lowest BCUT2D eigenvalue weighted by molar-refractivity contribution is -0.122. The number of aromatic nitrogens is 2. The molecule has 0 saturated heterocycles. The minimum Gasteiger partial charge on any atom is -0.350 e. The Kier molecular flexibility index (Phi) is 7.53. The molecule has 34 heavy (non-hydrogen) atoms. The second-order valence-corrected chi connectivity index (χ2v) is 12.1. The van der Waals surface area contributed by atoms with Crippen molar-refractivity contribution in [3.05, 3.63) is 81.9 Å². The second-order valence-electron chi connectivity index (χ2n) is 9.52. The fourth-order valence-electron chi connectivity index (χ4n) is 3.46. The highest BCUT2D eigenvalue weighted by molar-refractivity contribution is 7.89. The number of benzene rings is 2. The Bertz CT molecular complexity index is 1310. The van der Waals surface area contributed by atoms with Crippen molar-refractivity contribution in [1.82, 2.24) is 15.1 Å².